The van der Waals surface area contributed by atoms with E-state index < -0.39 is 5.91 Å². The van der Waals surface area contributed by atoms with Gasteiger partial charge in [-0.25, -0.2) is 4.98 Å². The van der Waals surface area contributed by atoms with Crippen LogP contribution in [0.25, 0.3) is 11.0 Å². The molecule has 5 nitrogen and oxygen atoms in total. The minimum absolute atomic E-state index is 0.0681. The minimum Gasteiger partial charge on any atom is -0.506 e. The van der Waals surface area contributed by atoms with Crippen LogP contribution in [0, 0.1) is 0 Å². The average Bonchev–Trinajstić information content (AvgIpc) is 2.50. The zero-order chi connectivity index (χ0) is 14.8. The molecule has 0 saturated heterocycles. The third-order valence-electron chi connectivity index (χ3n) is 2.89. The molecule has 0 aliphatic heterocycles. The van der Waals surface area contributed by atoms with Gasteiger partial charge >= 0.3 is 0 Å². The molecule has 0 spiro atoms. The summed E-state index contributed by atoms with van der Waals surface area (Å²) >= 11 is 5.83. The van der Waals surface area contributed by atoms with Crippen molar-refractivity contribution < 1.29 is 9.90 Å². The number of fused-ring (bicyclic) bond motifs is 1. The summed E-state index contributed by atoms with van der Waals surface area (Å²) in [4.78, 5) is 20.6. The Bertz CT molecular complexity index is 836. The van der Waals surface area contributed by atoms with Crippen LogP contribution in [0.3, 0.4) is 0 Å². The molecule has 2 aromatic carbocycles. The number of nitrogens with one attached hydrogen (secondary N) is 1. The van der Waals surface area contributed by atoms with Gasteiger partial charge in [-0.15, -0.1) is 0 Å². The topological polar surface area (TPSA) is 75.1 Å². The van der Waals surface area contributed by atoms with Gasteiger partial charge in [0.25, 0.3) is 5.91 Å². The lowest BCUT2D eigenvalue weighted by Crippen LogP contribution is -2.14. The van der Waals surface area contributed by atoms with Gasteiger partial charge in [0.15, 0.2) is 0 Å². The fourth-order valence-electron chi connectivity index (χ4n) is 1.86. The zero-order valence-corrected chi connectivity index (χ0v) is 11.5. The number of anilines is 1. The molecular formula is C15H10ClN3O2. The fraction of sp³-hybridized carbons (Fsp3) is 0. The van der Waals surface area contributed by atoms with Crippen molar-refractivity contribution in [2.24, 2.45) is 0 Å². The molecule has 3 aromatic rings. The summed E-state index contributed by atoms with van der Waals surface area (Å²) in [6.45, 7) is 0. The smallest absolute Gasteiger partial charge is 0.275 e. The van der Waals surface area contributed by atoms with Gasteiger partial charge in [0, 0.05) is 5.02 Å². The van der Waals surface area contributed by atoms with Crippen molar-refractivity contribution in [2.45, 2.75) is 0 Å². The maximum absolute atomic E-state index is 12.2. The number of carbonyl (C=O) groups excluding carboxylic acids is 1. The second-order valence-corrected chi connectivity index (χ2v) is 4.80. The summed E-state index contributed by atoms with van der Waals surface area (Å²) in [5.41, 5.74) is 1.72. The Morgan fingerprint density at radius 2 is 1.90 bits per heavy atom. The standard InChI is InChI=1S/C15H10ClN3O2/c16-9-5-6-14(20)12(7-9)19-15(21)13-8-17-10-3-1-2-4-11(10)18-13/h1-8,20H,(H,19,21). The predicted molar refractivity (Wildman–Crippen MR) is 80.6 cm³/mol. The van der Waals surface area contributed by atoms with E-state index in [1.807, 2.05) is 18.2 Å². The number of phenolic OH excluding ortho intramolecular Hbond substituents is 1. The number of carbonyl (C=O) groups is 1. The Kier molecular flexibility index (Phi) is 3.41. The summed E-state index contributed by atoms with van der Waals surface area (Å²) in [7, 11) is 0. The SMILES string of the molecule is O=C(Nc1cc(Cl)ccc1O)c1cnc2ccccc2n1. The highest BCUT2D eigenvalue weighted by molar-refractivity contribution is 6.31. The number of nitrogens with zero attached hydrogens (tertiary/aromatic N) is 2. The molecule has 0 atom stereocenters. The second kappa shape index (κ2) is 5.38. The van der Waals surface area contributed by atoms with Crippen LogP contribution in [-0.4, -0.2) is 21.0 Å². The van der Waals surface area contributed by atoms with Crippen molar-refractivity contribution in [3.8, 4) is 5.75 Å². The van der Waals surface area contributed by atoms with Crippen LogP contribution in [0.15, 0.2) is 48.7 Å². The largest absolute Gasteiger partial charge is 0.506 e. The number of phenols is 1. The molecule has 0 bridgehead atoms. The van der Waals surface area contributed by atoms with Gasteiger partial charge in [-0.2, -0.15) is 0 Å². The molecule has 0 aliphatic rings. The highest BCUT2D eigenvalue weighted by Crippen LogP contribution is 2.26. The third-order valence-corrected chi connectivity index (χ3v) is 3.12. The Hall–Kier alpha value is -2.66. The van der Waals surface area contributed by atoms with Crippen molar-refractivity contribution >= 4 is 34.2 Å². The first kappa shape index (κ1) is 13.3. The summed E-state index contributed by atoms with van der Waals surface area (Å²) in [6.07, 6.45) is 1.39. The van der Waals surface area contributed by atoms with E-state index in [1.165, 1.54) is 24.4 Å². The van der Waals surface area contributed by atoms with Crippen molar-refractivity contribution in [1.29, 1.82) is 0 Å². The fourth-order valence-corrected chi connectivity index (χ4v) is 2.03. The van der Waals surface area contributed by atoms with Gasteiger partial charge in [-0.05, 0) is 30.3 Å². The predicted octanol–water partition coefficient (Wildman–Crippen LogP) is 3.24. The van der Waals surface area contributed by atoms with E-state index in [0.29, 0.717) is 16.1 Å². The lowest BCUT2D eigenvalue weighted by Gasteiger charge is -2.07. The minimum atomic E-state index is -0.467. The lowest BCUT2D eigenvalue weighted by molar-refractivity contribution is 0.102. The molecule has 1 aromatic heterocycles. The molecule has 21 heavy (non-hydrogen) atoms. The zero-order valence-electron chi connectivity index (χ0n) is 10.7. The first-order valence-corrected chi connectivity index (χ1v) is 6.53. The average molecular weight is 300 g/mol. The highest BCUT2D eigenvalue weighted by Gasteiger charge is 2.12. The van der Waals surface area contributed by atoms with E-state index in [4.69, 9.17) is 11.6 Å². The number of aromatic nitrogens is 2. The Balaban J connectivity index is 1.91. The molecule has 2 N–H and O–H groups in total. The van der Waals surface area contributed by atoms with E-state index in [2.05, 4.69) is 15.3 Å². The number of benzene rings is 2. The van der Waals surface area contributed by atoms with Gasteiger partial charge in [-0.3, -0.25) is 9.78 Å². The molecule has 6 heteroatoms. The van der Waals surface area contributed by atoms with E-state index in [-0.39, 0.29) is 17.1 Å². The van der Waals surface area contributed by atoms with E-state index in [9.17, 15) is 9.90 Å². The Morgan fingerprint density at radius 1 is 1.14 bits per heavy atom. The van der Waals surface area contributed by atoms with Crippen LogP contribution in [0.4, 0.5) is 5.69 Å². The summed E-state index contributed by atoms with van der Waals surface area (Å²) < 4.78 is 0. The molecule has 3 rings (SSSR count). The third kappa shape index (κ3) is 2.78. The number of para-hydroxylation sites is 2. The van der Waals surface area contributed by atoms with Crippen molar-refractivity contribution in [3.63, 3.8) is 0 Å². The van der Waals surface area contributed by atoms with Crippen LogP contribution in [0.5, 0.6) is 5.75 Å². The number of hydrogen-bond acceptors (Lipinski definition) is 4. The van der Waals surface area contributed by atoms with Crippen LogP contribution < -0.4 is 5.32 Å². The summed E-state index contributed by atoms with van der Waals surface area (Å²) in [6, 6.07) is 11.7. The Labute approximate surface area is 125 Å². The van der Waals surface area contributed by atoms with Gasteiger partial charge < -0.3 is 10.4 Å². The molecular weight excluding hydrogens is 290 g/mol. The maximum Gasteiger partial charge on any atom is 0.275 e. The first-order valence-electron chi connectivity index (χ1n) is 6.15. The van der Waals surface area contributed by atoms with E-state index in [0.717, 1.165) is 0 Å². The molecule has 0 aliphatic carbocycles. The Morgan fingerprint density at radius 3 is 2.71 bits per heavy atom. The van der Waals surface area contributed by atoms with E-state index in [1.54, 1.807) is 6.07 Å². The van der Waals surface area contributed by atoms with Crippen LogP contribution in [0.2, 0.25) is 5.02 Å². The normalized spacial score (nSPS) is 10.5. The van der Waals surface area contributed by atoms with Gasteiger partial charge in [0.1, 0.15) is 11.4 Å². The molecule has 104 valence electrons. The summed E-state index contributed by atoms with van der Waals surface area (Å²) in [5, 5.41) is 12.7. The molecule has 0 fully saturated rings. The molecule has 1 heterocycles. The first-order chi connectivity index (χ1) is 10.1. The van der Waals surface area contributed by atoms with Crippen molar-refractivity contribution in [2.75, 3.05) is 5.32 Å². The van der Waals surface area contributed by atoms with Crippen LogP contribution in [0.1, 0.15) is 10.5 Å². The van der Waals surface area contributed by atoms with Gasteiger partial charge in [0.05, 0.1) is 22.9 Å². The number of halogens is 1. The molecule has 0 saturated carbocycles. The molecule has 0 radical (unpaired) electrons. The summed E-state index contributed by atoms with van der Waals surface area (Å²) in [5.74, 6) is -0.535. The highest BCUT2D eigenvalue weighted by atomic mass is 35.5. The lowest BCUT2D eigenvalue weighted by atomic mass is 10.2. The number of rotatable bonds is 2. The quantitative estimate of drug-likeness (QED) is 0.712. The monoisotopic (exact) mass is 299 g/mol. The maximum atomic E-state index is 12.2. The number of aromatic hydroxyl groups is 1. The number of amides is 1. The van der Waals surface area contributed by atoms with E-state index >= 15 is 0 Å². The second-order valence-electron chi connectivity index (χ2n) is 4.36. The number of hydrogen-bond donors (Lipinski definition) is 2. The van der Waals surface area contributed by atoms with Gasteiger partial charge in [-0.1, -0.05) is 23.7 Å². The van der Waals surface area contributed by atoms with Crippen molar-refractivity contribution in [1.82, 2.24) is 9.97 Å². The molecule has 1 amide bonds. The van der Waals surface area contributed by atoms with Crippen LogP contribution >= 0.6 is 11.6 Å². The van der Waals surface area contributed by atoms with Crippen molar-refractivity contribution in [3.05, 3.63) is 59.4 Å². The van der Waals surface area contributed by atoms with Gasteiger partial charge in [0.2, 0.25) is 0 Å². The molecule has 0 unspecified atom stereocenters. The van der Waals surface area contributed by atoms with Crippen LogP contribution in [-0.2, 0) is 0 Å².